The predicted octanol–water partition coefficient (Wildman–Crippen LogP) is 6.35. The van der Waals surface area contributed by atoms with Crippen LogP contribution in [-0.4, -0.2) is 32.9 Å². The number of rotatable bonds is 5. The van der Waals surface area contributed by atoms with Crippen molar-refractivity contribution in [3.63, 3.8) is 0 Å². The van der Waals surface area contributed by atoms with Gasteiger partial charge in [-0.05, 0) is 60.4 Å². The van der Waals surface area contributed by atoms with Crippen molar-refractivity contribution in [1.29, 1.82) is 0 Å². The van der Waals surface area contributed by atoms with Crippen LogP contribution in [0.4, 0.5) is 0 Å². The van der Waals surface area contributed by atoms with Gasteiger partial charge in [0.25, 0.3) is 0 Å². The molecule has 5 rings (SSSR count). The fourth-order valence-electron chi connectivity index (χ4n) is 6.12. The number of hydrogen-bond acceptors (Lipinski definition) is 3. The Kier molecular flexibility index (Phi) is 5.61. The smallest absolute Gasteiger partial charge is 0.242 e. The monoisotopic (exact) mass is 485 g/mol. The Morgan fingerprint density at radius 3 is 2.73 bits per heavy atom. The highest BCUT2D eigenvalue weighted by molar-refractivity contribution is 6.35. The van der Waals surface area contributed by atoms with Gasteiger partial charge in [-0.1, -0.05) is 56.1 Å². The number of hydrogen-bond donors (Lipinski definition) is 0. The zero-order valence-corrected chi connectivity index (χ0v) is 20.8. The van der Waals surface area contributed by atoms with E-state index in [-0.39, 0.29) is 29.9 Å². The van der Waals surface area contributed by atoms with Crippen LogP contribution >= 0.6 is 23.2 Å². The summed E-state index contributed by atoms with van der Waals surface area (Å²) < 4.78 is 7.95. The topological polar surface area (TPSA) is 47.4 Å². The first-order valence-corrected chi connectivity index (χ1v) is 12.2. The number of imidazole rings is 1. The molecule has 0 spiro atoms. The van der Waals surface area contributed by atoms with Crippen LogP contribution in [0, 0.1) is 10.8 Å². The number of carbonyl (C=O) groups excluding carboxylic acids is 1. The van der Waals surface area contributed by atoms with E-state index < -0.39 is 0 Å². The van der Waals surface area contributed by atoms with Crippen molar-refractivity contribution >= 4 is 40.1 Å². The number of carbonyl (C=O) groups is 1. The van der Waals surface area contributed by atoms with E-state index in [0.29, 0.717) is 27.7 Å². The van der Waals surface area contributed by atoms with E-state index in [1.807, 2.05) is 28.8 Å². The maximum Gasteiger partial charge on any atom is 0.242 e. The fourth-order valence-corrected chi connectivity index (χ4v) is 6.59. The second kappa shape index (κ2) is 8.21. The lowest BCUT2D eigenvalue weighted by Crippen LogP contribution is -2.39. The predicted molar refractivity (Wildman–Crippen MR) is 132 cm³/mol. The Morgan fingerprint density at radius 1 is 1.15 bits per heavy atom. The number of likely N-dealkylation sites (tertiary alicyclic amines) is 1. The largest absolute Gasteiger partial charge is 0.484 e. The summed E-state index contributed by atoms with van der Waals surface area (Å²) in [5.41, 5.74) is 2.25. The van der Waals surface area contributed by atoms with Crippen molar-refractivity contribution in [3.8, 4) is 5.75 Å². The van der Waals surface area contributed by atoms with Gasteiger partial charge in [0.1, 0.15) is 24.7 Å². The van der Waals surface area contributed by atoms with Crippen molar-refractivity contribution < 1.29 is 9.53 Å². The maximum absolute atomic E-state index is 13.6. The molecule has 0 N–H and O–H groups in total. The molecule has 1 aliphatic carbocycles. The summed E-state index contributed by atoms with van der Waals surface area (Å²) in [6, 6.07) is 13.3. The second-order valence-corrected chi connectivity index (χ2v) is 11.5. The van der Waals surface area contributed by atoms with Crippen LogP contribution in [0.25, 0.3) is 11.0 Å². The highest BCUT2D eigenvalue weighted by Gasteiger charge is 2.50. The second-order valence-electron chi connectivity index (χ2n) is 10.7. The van der Waals surface area contributed by atoms with Crippen molar-refractivity contribution in [1.82, 2.24) is 14.5 Å². The molecule has 2 aliphatic rings. The van der Waals surface area contributed by atoms with Crippen molar-refractivity contribution in [2.24, 2.45) is 10.8 Å². The molecule has 2 atom stereocenters. The number of ether oxygens (including phenoxy) is 1. The molecule has 1 amide bonds. The summed E-state index contributed by atoms with van der Waals surface area (Å²) >= 11 is 12.3. The number of fused-ring (bicyclic) bond motifs is 3. The molecule has 174 valence electrons. The zero-order valence-electron chi connectivity index (χ0n) is 19.3. The van der Waals surface area contributed by atoms with E-state index >= 15 is 0 Å². The first-order valence-electron chi connectivity index (χ1n) is 11.4. The standard InChI is InChI=1S/C26H29Cl2N3O2/c1-25(2)11-18-12-26(3,15-25)16-31(18)24(32)13-30-21-7-5-4-6-20(21)29-23(30)14-33-22-9-8-17(27)10-19(22)28/h4-10,18H,11-16H2,1-3H3. The molecule has 1 saturated carbocycles. The molecule has 2 bridgehead atoms. The third-order valence-electron chi connectivity index (χ3n) is 7.01. The van der Waals surface area contributed by atoms with Gasteiger partial charge in [-0.25, -0.2) is 4.98 Å². The number of benzene rings is 2. The molecule has 2 unspecified atom stereocenters. The average molecular weight is 486 g/mol. The highest BCUT2D eigenvalue weighted by atomic mass is 35.5. The molecule has 1 aliphatic heterocycles. The summed E-state index contributed by atoms with van der Waals surface area (Å²) in [4.78, 5) is 20.4. The van der Waals surface area contributed by atoms with Crippen molar-refractivity contribution in [2.75, 3.05) is 6.54 Å². The first kappa shape index (κ1) is 22.5. The van der Waals surface area contributed by atoms with Gasteiger partial charge in [0.15, 0.2) is 0 Å². The van der Waals surface area contributed by atoms with Crippen LogP contribution in [0.1, 0.15) is 45.9 Å². The summed E-state index contributed by atoms with van der Waals surface area (Å²) in [6.07, 6.45) is 3.32. The molecule has 7 heteroatoms. The number of halogens is 2. The molecule has 1 aromatic heterocycles. The minimum Gasteiger partial charge on any atom is -0.484 e. The molecular weight excluding hydrogens is 457 g/mol. The summed E-state index contributed by atoms with van der Waals surface area (Å²) in [5.74, 6) is 1.38. The molecular formula is C26H29Cl2N3O2. The third kappa shape index (κ3) is 4.45. The third-order valence-corrected chi connectivity index (χ3v) is 7.54. The van der Waals surface area contributed by atoms with Crippen LogP contribution in [0.15, 0.2) is 42.5 Å². The Morgan fingerprint density at radius 2 is 1.94 bits per heavy atom. The molecule has 33 heavy (non-hydrogen) atoms. The SMILES string of the molecule is CC1(C)CC2CC(C)(CN2C(=O)Cn2c(COc3ccc(Cl)cc3Cl)nc3ccccc32)C1. The Hall–Kier alpha value is -2.24. The summed E-state index contributed by atoms with van der Waals surface area (Å²) in [7, 11) is 0. The summed E-state index contributed by atoms with van der Waals surface area (Å²) in [5, 5.41) is 0.999. The quantitative estimate of drug-likeness (QED) is 0.422. The lowest BCUT2D eigenvalue weighted by Gasteiger charge is -2.39. The Balaban J connectivity index is 1.40. The van der Waals surface area contributed by atoms with Gasteiger partial charge in [-0.2, -0.15) is 0 Å². The lowest BCUT2D eigenvalue weighted by molar-refractivity contribution is -0.133. The lowest BCUT2D eigenvalue weighted by atomic mass is 9.65. The van der Waals surface area contributed by atoms with Gasteiger partial charge in [-0.3, -0.25) is 4.79 Å². The van der Waals surface area contributed by atoms with Crippen LogP contribution in [0.3, 0.4) is 0 Å². The first-order chi connectivity index (χ1) is 15.6. The molecule has 0 radical (unpaired) electrons. The number of aromatic nitrogens is 2. The Labute approximate surface area is 204 Å². The molecule has 3 aromatic rings. The zero-order chi connectivity index (χ0) is 23.4. The van der Waals surface area contributed by atoms with Crippen LogP contribution in [0.5, 0.6) is 5.75 Å². The molecule has 1 saturated heterocycles. The molecule has 5 nitrogen and oxygen atoms in total. The van der Waals surface area contributed by atoms with E-state index in [4.69, 9.17) is 32.9 Å². The number of para-hydroxylation sites is 2. The fraction of sp³-hybridized carbons (Fsp3) is 0.462. The van der Waals surface area contributed by atoms with E-state index in [9.17, 15) is 4.79 Å². The summed E-state index contributed by atoms with van der Waals surface area (Å²) in [6.45, 7) is 8.27. The Bertz CT molecular complexity index is 1220. The van der Waals surface area contributed by atoms with Gasteiger partial charge < -0.3 is 14.2 Å². The minimum atomic E-state index is 0.148. The van der Waals surface area contributed by atoms with Gasteiger partial charge in [0.05, 0.1) is 16.1 Å². The maximum atomic E-state index is 13.6. The number of nitrogens with zero attached hydrogens (tertiary/aromatic N) is 3. The molecule has 2 aromatic carbocycles. The molecule has 2 fully saturated rings. The van der Waals surface area contributed by atoms with E-state index in [0.717, 1.165) is 36.8 Å². The van der Waals surface area contributed by atoms with Gasteiger partial charge in [-0.15, -0.1) is 0 Å². The van der Waals surface area contributed by atoms with Crippen LogP contribution in [0.2, 0.25) is 10.0 Å². The van der Waals surface area contributed by atoms with Crippen LogP contribution in [-0.2, 0) is 17.9 Å². The number of amides is 1. The normalized spacial score (nSPS) is 23.8. The van der Waals surface area contributed by atoms with Crippen LogP contribution < -0.4 is 4.74 Å². The van der Waals surface area contributed by atoms with Gasteiger partial charge in [0.2, 0.25) is 5.91 Å². The van der Waals surface area contributed by atoms with E-state index in [1.54, 1.807) is 18.2 Å². The van der Waals surface area contributed by atoms with Crippen molar-refractivity contribution in [3.05, 3.63) is 58.3 Å². The van der Waals surface area contributed by atoms with E-state index in [1.165, 1.54) is 0 Å². The van der Waals surface area contributed by atoms with Gasteiger partial charge >= 0.3 is 0 Å². The van der Waals surface area contributed by atoms with Gasteiger partial charge in [0, 0.05) is 17.6 Å². The van der Waals surface area contributed by atoms with Crippen molar-refractivity contribution in [2.45, 2.75) is 59.2 Å². The van der Waals surface area contributed by atoms with E-state index in [2.05, 4.69) is 25.7 Å². The average Bonchev–Trinajstić information content (AvgIpc) is 3.20. The minimum absolute atomic E-state index is 0.148. The highest BCUT2D eigenvalue weighted by Crippen LogP contribution is 2.52. The molecule has 2 heterocycles.